The summed E-state index contributed by atoms with van der Waals surface area (Å²) >= 11 is 0. The van der Waals surface area contributed by atoms with Crippen molar-refractivity contribution >= 4 is 5.91 Å². The molecule has 14 heavy (non-hydrogen) atoms. The summed E-state index contributed by atoms with van der Waals surface area (Å²) < 4.78 is 10.0. The molecule has 0 aromatic carbocycles. The van der Waals surface area contributed by atoms with Crippen molar-refractivity contribution < 1.29 is 13.9 Å². The van der Waals surface area contributed by atoms with E-state index in [9.17, 15) is 4.79 Å². The highest BCUT2D eigenvalue weighted by Gasteiger charge is 2.16. The molecule has 4 heteroatoms. The number of methoxy groups -OCH3 is 1. The van der Waals surface area contributed by atoms with E-state index in [4.69, 9.17) is 9.15 Å². The Hall–Kier alpha value is -1.29. The first kappa shape index (κ1) is 10.8. The number of carbonyl (C=O) groups is 1. The van der Waals surface area contributed by atoms with Gasteiger partial charge in [-0.2, -0.15) is 0 Å². The van der Waals surface area contributed by atoms with Gasteiger partial charge in [0.1, 0.15) is 11.9 Å². The molecule has 1 aromatic heterocycles. The molecule has 0 spiro atoms. The SMILES string of the molecule is COC(C)C(=O)N[C@@H](C)c1ccco1. The number of furan rings is 1. The van der Waals surface area contributed by atoms with Crippen LogP contribution in [0.5, 0.6) is 0 Å². The van der Waals surface area contributed by atoms with Gasteiger partial charge in [0, 0.05) is 7.11 Å². The Morgan fingerprint density at radius 2 is 2.29 bits per heavy atom. The summed E-state index contributed by atoms with van der Waals surface area (Å²) in [6.07, 6.45) is 1.14. The lowest BCUT2D eigenvalue weighted by Gasteiger charge is -2.14. The minimum absolute atomic E-state index is 0.130. The Bertz CT molecular complexity index is 282. The smallest absolute Gasteiger partial charge is 0.249 e. The molecule has 1 amide bonds. The van der Waals surface area contributed by atoms with E-state index in [-0.39, 0.29) is 11.9 Å². The quantitative estimate of drug-likeness (QED) is 0.795. The van der Waals surface area contributed by atoms with E-state index in [2.05, 4.69) is 5.32 Å². The third-order valence-corrected chi connectivity index (χ3v) is 2.05. The molecule has 0 aliphatic carbocycles. The van der Waals surface area contributed by atoms with Crippen LogP contribution in [-0.2, 0) is 9.53 Å². The normalized spacial score (nSPS) is 14.8. The fourth-order valence-electron chi connectivity index (χ4n) is 1.05. The van der Waals surface area contributed by atoms with E-state index < -0.39 is 6.10 Å². The number of ether oxygens (including phenoxy) is 1. The molecule has 0 aliphatic heterocycles. The van der Waals surface area contributed by atoms with Crippen molar-refractivity contribution in [2.45, 2.75) is 26.0 Å². The van der Waals surface area contributed by atoms with Gasteiger partial charge in [-0.1, -0.05) is 0 Å². The second-order valence-electron chi connectivity index (χ2n) is 3.12. The molecule has 2 atom stereocenters. The number of carbonyl (C=O) groups excluding carboxylic acids is 1. The van der Waals surface area contributed by atoms with Crippen LogP contribution in [0.1, 0.15) is 25.6 Å². The Morgan fingerprint density at radius 1 is 1.57 bits per heavy atom. The summed E-state index contributed by atoms with van der Waals surface area (Å²) in [4.78, 5) is 11.4. The van der Waals surface area contributed by atoms with Gasteiger partial charge in [-0.15, -0.1) is 0 Å². The van der Waals surface area contributed by atoms with Crippen LogP contribution in [-0.4, -0.2) is 19.1 Å². The maximum absolute atomic E-state index is 11.4. The van der Waals surface area contributed by atoms with E-state index in [0.717, 1.165) is 5.76 Å². The molecule has 0 saturated carbocycles. The van der Waals surface area contributed by atoms with Crippen LogP contribution < -0.4 is 5.32 Å². The Balaban J connectivity index is 2.49. The van der Waals surface area contributed by atoms with Crippen molar-refractivity contribution in [2.24, 2.45) is 0 Å². The van der Waals surface area contributed by atoms with Crippen LogP contribution in [0.25, 0.3) is 0 Å². The molecule has 78 valence electrons. The number of rotatable bonds is 4. The minimum Gasteiger partial charge on any atom is -0.467 e. The average molecular weight is 197 g/mol. The van der Waals surface area contributed by atoms with Crippen LogP contribution in [0.4, 0.5) is 0 Å². The Morgan fingerprint density at radius 3 is 2.79 bits per heavy atom. The summed E-state index contributed by atoms with van der Waals surface area (Å²) in [6.45, 7) is 3.56. The standard InChI is InChI=1S/C10H15NO3/c1-7(9-5-4-6-14-9)11-10(12)8(2)13-3/h4-8H,1-3H3,(H,11,12)/t7-,8?/m0/s1. The lowest BCUT2D eigenvalue weighted by molar-refractivity contribution is -0.130. The topological polar surface area (TPSA) is 51.5 Å². The average Bonchev–Trinajstić information content (AvgIpc) is 2.69. The van der Waals surface area contributed by atoms with Crippen molar-refractivity contribution in [3.63, 3.8) is 0 Å². The molecule has 1 rings (SSSR count). The van der Waals surface area contributed by atoms with Gasteiger partial charge in [0.05, 0.1) is 12.3 Å². The minimum atomic E-state index is -0.438. The molecule has 0 radical (unpaired) electrons. The van der Waals surface area contributed by atoms with Crippen molar-refractivity contribution in [2.75, 3.05) is 7.11 Å². The number of hydrogen-bond acceptors (Lipinski definition) is 3. The van der Waals surface area contributed by atoms with Gasteiger partial charge >= 0.3 is 0 Å². The molecular weight excluding hydrogens is 182 g/mol. The van der Waals surface area contributed by atoms with Crippen molar-refractivity contribution in [3.05, 3.63) is 24.2 Å². The van der Waals surface area contributed by atoms with Gasteiger partial charge in [-0.3, -0.25) is 4.79 Å². The highest BCUT2D eigenvalue weighted by atomic mass is 16.5. The third kappa shape index (κ3) is 2.60. The van der Waals surface area contributed by atoms with Gasteiger partial charge in [0.25, 0.3) is 0 Å². The molecule has 1 unspecified atom stereocenters. The predicted octanol–water partition coefficient (Wildman–Crippen LogP) is 1.49. The van der Waals surface area contributed by atoms with Gasteiger partial charge in [-0.05, 0) is 26.0 Å². The molecule has 4 nitrogen and oxygen atoms in total. The fraction of sp³-hybridized carbons (Fsp3) is 0.500. The number of nitrogens with one attached hydrogen (secondary N) is 1. The fourth-order valence-corrected chi connectivity index (χ4v) is 1.05. The Kier molecular flexibility index (Phi) is 3.71. The first-order valence-electron chi connectivity index (χ1n) is 4.51. The van der Waals surface area contributed by atoms with E-state index in [1.807, 2.05) is 13.0 Å². The summed E-state index contributed by atoms with van der Waals surface area (Å²) in [7, 11) is 1.50. The monoisotopic (exact) mass is 197 g/mol. The van der Waals surface area contributed by atoms with Gasteiger partial charge in [-0.25, -0.2) is 0 Å². The molecule has 0 bridgehead atoms. The number of hydrogen-bond donors (Lipinski definition) is 1. The first-order chi connectivity index (χ1) is 6.65. The molecule has 0 aliphatic rings. The summed E-state index contributed by atoms with van der Waals surface area (Å²) in [5.74, 6) is 0.595. The molecule has 0 fully saturated rings. The summed E-state index contributed by atoms with van der Waals surface area (Å²) in [6, 6.07) is 3.48. The third-order valence-electron chi connectivity index (χ3n) is 2.05. The second kappa shape index (κ2) is 4.81. The van der Waals surface area contributed by atoms with Gasteiger partial charge in [0.2, 0.25) is 5.91 Å². The zero-order chi connectivity index (χ0) is 10.6. The van der Waals surface area contributed by atoms with Gasteiger partial charge < -0.3 is 14.5 Å². The predicted molar refractivity (Wildman–Crippen MR) is 51.7 cm³/mol. The van der Waals surface area contributed by atoms with Gasteiger partial charge in [0.15, 0.2) is 0 Å². The van der Waals surface area contributed by atoms with E-state index >= 15 is 0 Å². The van der Waals surface area contributed by atoms with Crippen molar-refractivity contribution in [1.29, 1.82) is 0 Å². The molecule has 1 N–H and O–H groups in total. The van der Waals surface area contributed by atoms with Crippen LogP contribution in [0.3, 0.4) is 0 Å². The molecule has 0 saturated heterocycles. The molecular formula is C10H15NO3. The van der Waals surface area contributed by atoms with Crippen molar-refractivity contribution in [3.8, 4) is 0 Å². The zero-order valence-electron chi connectivity index (χ0n) is 8.61. The largest absolute Gasteiger partial charge is 0.467 e. The highest BCUT2D eigenvalue weighted by Crippen LogP contribution is 2.12. The molecule has 1 heterocycles. The van der Waals surface area contributed by atoms with Crippen molar-refractivity contribution in [1.82, 2.24) is 5.32 Å². The maximum atomic E-state index is 11.4. The van der Waals surface area contributed by atoms with E-state index in [1.54, 1.807) is 19.3 Å². The lowest BCUT2D eigenvalue weighted by Crippen LogP contribution is -2.35. The first-order valence-corrected chi connectivity index (χ1v) is 4.51. The van der Waals surface area contributed by atoms with Crippen LogP contribution in [0, 0.1) is 0 Å². The summed E-state index contributed by atoms with van der Waals surface area (Å²) in [5, 5.41) is 2.78. The van der Waals surface area contributed by atoms with E-state index in [0.29, 0.717) is 0 Å². The maximum Gasteiger partial charge on any atom is 0.249 e. The molecule has 1 aromatic rings. The van der Waals surface area contributed by atoms with E-state index in [1.165, 1.54) is 7.11 Å². The number of amides is 1. The van der Waals surface area contributed by atoms with Crippen LogP contribution in [0.2, 0.25) is 0 Å². The lowest BCUT2D eigenvalue weighted by atomic mass is 10.2. The van der Waals surface area contributed by atoms with Crippen LogP contribution in [0.15, 0.2) is 22.8 Å². The Labute approximate surface area is 83.2 Å². The second-order valence-corrected chi connectivity index (χ2v) is 3.12. The zero-order valence-corrected chi connectivity index (χ0v) is 8.61. The van der Waals surface area contributed by atoms with Crippen LogP contribution >= 0.6 is 0 Å². The highest BCUT2D eigenvalue weighted by molar-refractivity contribution is 5.80. The summed E-state index contributed by atoms with van der Waals surface area (Å²) in [5.41, 5.74) is 0.